The molecule has 0 aliphatic carbocycles. The molecule has 0 saturated carbocycles. The van der Waals surface area contributed by atoms with Crippen LogP contribution in [0.2, 0.25) is 0 Å². The minimum atomic E-state index is -1.14. The lowest BCUT2D eigenvalue weighted by Gasteiger charge is -2.28. The fraction of sp³-hybridized carbons (Fsp3) is 0.296. The van der Waals surface area contributed by atoms with Gasteiger partial charge in [-0.15, -0.1) is 6.42 Å². The summed E-state index contributed by atoms with van der Waals surface area (Å²) in [6.45, 7) is 3.74. The molecule has 0 saturated heterocycles. The number of nitrogens with one attached hydrogen (secondary N) is 3. The summed E-state index contributed by atoms with van der Waals surface area (Å²) in [4.78, 5) is 24.5. The van der Waals surface area contributed by atoms with Gasteiger partial charge in [0.1, 0.15) is 19.0 Å². The maximum atomic E-state index is 12.4. The number of halogens is 2. The molecule has 0 fully saturated rings. The molecule has 1 heterocycles. The number of aliphatic hydroxyl groups is 1. The predicted molar refractivity (Wildman–Crippen MR) is 155 cm³/mol. The van der Waals surface area contributed by atoms with Gasteiger partial charge in [-0.05, 0) is 81.1 Å². The summed E-state index contributed by atoms with van der Waals surface area (Å²) in [6, 6.07) is 7.35. The van der Waals surface area contributed by atoms with E-state index in [4.69, 9.17) is 25.4 Å². The number of nitrogens with zero attached hydrogens (tertiary/aromatic N) is 1. The van der Waals surface area contributed by atoms with Crippen molar-refractivity contribution in [1.29, 1.82) is 0 Å². The summed E-state index contributed by atoms with van der Waals surface area (Å²) in [7, 11) is 1.27. The number of methoxy groups -OCH3 is 1. The highest BCUT2D eigenvalue weighted by molar-refractivity contribution is 9.11. The van der Waals surface area contributed by atoms with E-state index in [1.165, 1.54) is 13.3 Å². The average molecular weight is 680 g/mol. The van der Waals surface area contributed by atoms with E-state index in [9.17, 15) is 14.7 Å². The number of esters is 1. The summed E-state index contributed by atoms with van der Waals surface area (Å²) >= 11 is 6.87. The Labute approximate surface area is 248 Å². The first-order valence-corrected chi connectivity index (χ1v) is 13.5. The maximum Gasteiger partial charge on any atom is 0.337 e. The van der Waals surface area contributed by atoms with Gasteiger partial charge in [0.25, 0.3) is 0 Å². The zero-order valence-electron chi connectivity index (χ0n) is 21.9. The molecule has 0 aromatic heterocycles. The molecule has 13 heteroatoms. The van der Waals surface area contributed by atoms with Crippen LogP contribution in [-0.2, 0) is 9.53 Å². The van der Waals surface area contributed by atoms with Crippen molar-refractivity contribution in [3.8, 4) is 29.6 Å². The topological polar surface area (TPSA) is 140 Å². The van der Waals surface area contributed by atoms with E-state index in [1.807, 2.05) is 6.92 Å². The summed E-state index contributed by atoms with van der Waals surface area (Å²) in [6.07, 6.45) is 5.62. The van der Waals surface area contributed by atoms with Crippen LogP contribution in [0.5, 0.6) is 17.2 Å². The molecule has 3 rings (SSSR count). The van der Waals surface area contributed by atoms with Crippen LogP contribution in [0, 0.1) is 12.3 Å². The van der Waals surface area contributed by atoms with Gasteiger partial charge >= 0.3 is 12.0 Å². The van der Waals surface area contributed by atoms with Crippen molar-refractivity contribution in [3.05, 3.63) is 61.7 Å². The Morgan fingerprint density at radius 2 is 1.95 bits per heavy atom. The summed E-state index contributed by atoms with van der Waals surface area (Å²) in [5.74, 6) is 3.13. The lowest BCUT2D eigenvalue weighted by atomic mass is 9.95. The van der Waals surface area contributed by atoms with Crippen molar-refractivity contribution in [2.24, 2.45) is 5.10 Å². The molecule has 4 N–H and O–H groups in total. The second-order valence-electron chi connectivity index (χ2n) is 8.22. The first-order chi connectivity index (χ1) is 19.2. The van der Waals surface area contributed by atoms with Crippen molar-refractivity contribution in [2.45, 2.75) is 26.1 Å². The largest absolute Gasteiger partial charge is 0.490 e. The normalized spacial score (nSPS) is 15.5. The van der Waals surface area contributed by atoms with Crippen LogP contribution >= 0.6 is 31.9 Å². The van der Waals surface area contributed by atoms with Crippen LogP contribution < -0.4 is 30.3 Å². The van der Waals surface area contributed by atoms with Crippen LogP contribution in [-0.4, -0.2) is 56.5 Å². The molecule has 0 bridgehead atoms. The van der Waals surface area contributed by atoms with Gasteiger partial charge in [0.05, 0.1) is 40.5 Å². The lowest BCUT2D eigenvalue weighted by molar-refractivity contribution is -0.136. The molecular formula is C27H28Br2N4O7. The number of hydrazone groups is 1. The smallest absolute Gasteiger partial charge is 0.337 e. The molecule has 2 atom stereocenters. The molecule has 2 aromatic carbocycles. The van der Waals surface area contributed by atoms with Gasteiger partial charge in [0, 0.05) is 5.70 Å². The molecule has 0 radical (unpaired) electrons. The third kappa shape index (κ3) is 7.91. The Bertz CT molecular complexity index is 1330. The van der Waals surface area contributed by atoms with E-state index in [2.05, 4.69) is 58.9 Å². The van der Waals surface area contributed by atoms with E-state index in [0.29, 0.717) is 44.1 Å². The van der Waals surface area contributed by atoms with Crippen LogP contribution in [0.15, 0.2) is 55.6 Å². The minimum absolute atomic E-state index is 0.131. The van der Waals surface area contributed by atoms with Crippen molar-refractivity contribution in [3.63, 3.8) is 0 Å². The summed E-state index contributed by atoms with van der Waals surface area (Å²) < 4.78 is 23.2. The Morgan fingerprint density at radius 3 is 2.60 bits per heavy atom. The lowest BCUT2D eigenvalue weighted by Crippen LogP contribution is -2.45. The molecule has 0 spiro atoms. The number of amides is 2. The Hall–Kier alpha value is -3.73. The van der Waals surface area contributed by atoms with Gasteiger partial charge in [-0.1, -0.05) is 12.0 Å². The van der Waals surface area contributed by atoms with E-state index in [-0.39, 0.29) is 18.8 Å². The fourth-order valence-corrected chi connectivity index (χ4v) is 5.18. The monoisotopic (exact) mass is 678 g/mol. The van der Waals surface area contributed by atoms with Gasteiger partial charge in [0.15, 0.2) is 17.7 Å². The predicted octanol–water partition coefficient (Wildman–Crippen LogP) is 3.74. The first kappa shape index (κ1) is 30.8. The van der Waals surface area contributed by atoms with Crippen LogP contribution in [0.3, 0.4) is 0 Å². The summed E-state index contributed by atoms with van der Waals surface area (Å²) in [5.41, 5.74) is 4.56. The number of carbonyl (C=O) groups is 2. The third-order valence-electron chi connectivity index (χ3n) is 5.43. The minimum Gasteiger partial charge on any atom is -0.490 e. The van der Waals surface area contributed by atoms with Gasteiger partial charge in [-0.2, -0.15) is 5.10 Å². The Balaban J connectivity index is 1.68. The third-order valence-corrected chi connectivity index (χ3v) is 6.61. The number of carbonyl (C=O) groups excluding carboxylic acids is 2. The van der Waals surface area contributed by atoms with Gasteiger partial charge in [-0.25, -0.2) is 9.59 Å². The average Bonchev–Trinajstić information content (AvgIpc) is 2.91. The summed E-state index contributed by atoms with van der Waals surface area (Å²) in [5, 5.41) is 19.7. The van der Waals surface area contributed by atoms with Crippen molar-refractivity contribution in [1.82, 2.24) is 16.1 Å². The van der Waals surface area contributed by atoms with Crippen molar-refractivity contribution in [2.75, 3.05) is 26.9 Å². The second-order valence-corrected chi connectivity index (χ2v) is 9.93. The first-order valence-electron chi connectivity index (χ1n) is 12.0. The van der Waals surface area contributed by atoms with Gasteiger partial charge in [-0.3, -0.25) is 5.43 Å². The Kier molecular flexibility index (Phi) is 11.2. The van der Waals surface area contributed by atoms with Gasteiger partial charge < -0.3 is 34.7 Å². The number of hydrogen-bond donors (Lipinski definition) is 4. The van der Waals surface area contributed by atoms with E-state index < -0.39 is 24.3 Å². The Morgan fingerprint density at radius 1 is 1.23 bits per heavy atom. The molecule has 2 aromatic rings. The molecule has 1 aliphatic heterocycles. The highest BCUT2D eigenvalue weighted by atomic mass is 79.9. The standard InChI is InChI=1S/C27H28Br2N4O7/c1-5-9-39-25-18(28)10-16(11-19(25)29)13-30-33-22(34)14-40-20-8-7-17(12-21(20)38-6-2)24-23(26(35)37-4)15(3)31-27(36)32-24/h1,7-8,10-13,22,24,33-34H,6,9,14H2,2-4H3,(H2,31,32,36)/b30-13-/t22-,24+/m1/s1. The zero-order chi connectivity index (χ0) is 29.2. The number of terminal acetylenes is 1. The molecule has 2 amide bonds. The SMILES string of the molecule is C#CCOc1c(Br)cc(/C=N\N[C@H](O)COc2ccc([C@@H]3NC(=O)NC(C)=C3C(=O)OC)cc2OCC)cc1Br. The highest BCUT2D eigenvalue weighted by Gasteiger charge is 2.32. The number of allylic oxidation sites excluding steroid dienone is 1. The van der Waals surface area contributed by atoms with Crippen LogP contribution in [0.25, 0.3) is 0 Å². The van der Waals surface area contributed by atoms with E-state index in [0.717, 1.165) is 5.56 Å². The van der Waals surface area contributed by atoms with Gasteiger partial charge in [0.2, 0.25) is 0 Å². The fourth-order valence-electron chi connectivity index (χ4n) is 3.73. The number of benzene rings is 2. The van der Waals surface area contributed by atoms with Crippen LogP contribution in [0.1, 0.15) is 31.0 Å². The number of rotatable bonds is 12. The highest BCUT2D eigenvalue weighted by Crippen LogP contribution is 2.35. The molecule has 0 unspecified atom stereocenters. The molecule has 40 heavy (non-hydrogen) atoms. The quantitative estimate of drug-likeness (QED) is 0.0875. The molecule has 11 nitrogen and oxygen atoms in total. The number of urea groups is 1. The van der Waals surface area contributed by atoms with E-state index >= 15 is 0 Å². The number of aliphatic hydroxyl groups excluding tert-OH is 1. The van der Waals surface area contributed by atoms with Crippen molar-refractivity contribution >= 4 is 50.1 Å². The molecular weight excluding hydrogens is 652 g/mol. The van der Waals surface area contributed by atoms with Crippen molar-refractivity contribution < 1.29 is 33.6 Å². The number of hydrogen-bond acceptors (Lipinski definition) is 9. The molecule has 212 valence electrons. The maximum absolute atomic E-state index is 12.4. The van der Waals surface area contributed by atoms with Crippen LogP contribution in [0.4, 0.5) is 4.79 Å². The number of ether oxygens (including phenoxy) is 4. The second kappa shape index (κ2) is 14.6. The molecule has 1 aliphatic rings. The van der Waals surface area contributed by atoms with E-state index in [1.54, 1.807) is 37.3 Å². The zero-order valence-corrected chi connectivity index (χ0v) is 25.1.